The summed E-state index contributed by atoms with van der Waals surface area (Å²) in [5.74, 6) is 3.62. The molecule has 0 saturated heterocycles. The van der Waals surface area contributed by atoms with E-state index in [2.05, 4.69) is 48.3 Å². The highest BCUT2D eigenvalue weighted by Gasteiger charge is 2.24. The Morgan fingerprint density at radius 3 is 2.33 bits per heavy atom. The third-order valence-corrected chi connectivity index (χ3v) is 4.36. The molecule has 2 atom stereocenters. The highest BCUT2D eigenvalue weighted by Crippen LogP contribution is 2.31. The molecule has 0 radical (unpaired) electrons. The standard InChI is InChI=1S/C17H30N4/c1-5-7-18-16-15(6-2)17(20-11-19-16)21-14-9-12(3)8-13(4)10-14/h11-14H,5-10H2,1-4H3,(H2,18,19,20,21). The average molecular weight is 290 g/mol. The van der Waals surface area contributed by atoms with Gasteiger partial charge in [0.25, 0.3) is 0 Å². The summed E-state index contributed by atoms with van der Waals surface area (Å²) in [4.78, 5) is 8.91. The SMILES string of the molecule is CCCNc1ncnc(NC2CC(C)CC(C)C2)c1CC. The minimum Gasteiger partial charge on any atom is -0.370 e. The van der Waals surface area contributed by atoms with Crippen molar-refractivity contribution in [2.45, 2.75) is 65.8 Å². The van der Waals surface area contributed by atoms with E-state index in [4.69, 9.17) is 0 Å². The molecule has 2 rings (SSSR count). The Morgan fingerprint density at radius 1 is 1.05 bits per heavy atom. The summed E-state index contributed by atoms with van der Waals surface area (Å²) in [5, 5.41) is 7.10. The lowest BCUT2D eigenvalue weighted by atomic mass is 9.80. The molecular weight excluding hydrogens is 260 g/mol. The van der Waals surface area contributed by atoms with Gasteiger partial charge in [-0.2, -0.15) is 0 Å². The van der Waals surface area contributed by atoms with Crippen LogP contribution < -0.4 is 10.6 Å². The smallest absolute Gasteiger partial charge is 0.134 e. The topological polar surface area (TPSA) is 49.8 Å². The molecule has 1 aliphatic carbocycles. The van der Waals surface area contributed by atoms with Crippen molar-refractivity contribution in [3.8, 4) is 0 Å². The fourth-order valence-corrected chi connectivity index (χ4v) is 3.53. The molecule has 0 aliphatic heterocycles. The van der Waals surface area contributed by atoms with Crippen LogP contribution in [0.25, 0.3) is 0 Å². The number of aromatic nitrogens is 2. The van der Waals surface area contributed by atoms with Gasteiger partial charge in [-0.05, 0) is 43.9 Å². The van der Waals surface area contributed by atoms with Crippen molar-refractivity contribution >= 4 is 11.6 Å². The zero-order valence-corrected chi connectivity index (χ0v) is 13.9. The van der Waals surface area contributed by atoms with Crippen LogP contribution in [0.15, 0.2) is 6.33 Å². The van der Waals surface area contributed by atoms with E-state index in [1.807, 2.05) is 0 Å². The normalized spacial score (nSPS) is 25.6. The van der Waals surface area contributed by atoms with Gasteiger partial charge in [0.2, 0.25) is 0 Å². The molecule has 0 aromatic carbocycles. The predicted octanol–water partition coefficient (Wildman–Crippen LogP) is 4.10. The van der Waals surface area contributed by atoms with Crippen LogP contribution in [0.2, 0.25) is 0 Å². The second-order valence-corrected chi connectivity index (χ2v) is 6.59. The lowest BCUT2D eigenvalue weighted by Gasteiger charge is -2.32. The molecule has 4 heteroatoms. The maximum atomic E-state index is 4.50. The number of anilines is 2. The first kappa shape index (κ1) is 16.1. The number of rotatable bonds is 6. The quantitative estimate of drug-likeness (QED) is 0.828. The van der Waals surface area contributed by atoms with E-state index < -0.39 is 0 Å². The van der Waals surface area contributed by atoms with E-state index in [0.717, 1.165) is 42.9 Å². The van der Waals surface area contributed by atoms with Gasteiger partial charge in [0, 0.05) is 18.2 Å². The fourth-order valence-electron chi connectivity index (χ4n) is 3.53. The van der Waals surface area contributed by atoms with Gasteiger partial charge >= 0.3 is 0 Å². The summed E-state index contributed by atoms with van der Waals surface area (Å²) in [6, 6.07) is 0.544. The molecule has 2 N–H and O–H groups in total. The third kappa shape index (κ3) is 4.32. The van der Waals surface area contributed by atoms with Crippen molar-refractivity contribution in [1.82, 2.24) is 9.97 Å². The van der Waals surface area contributed by atoms with Crippen molar-refractivity contribution in [3.63, 3.8) is 0 Å². The second-order valence-electron chi connectivity index (χ2n) is 6.59. The summed E-state index contributed by atoms with van der Waals surface area (Å²) in [7, 11) is 0. The summed E-state index contributed by atoms with van der Waals surface area (Å²) in [6.45, 7) is 10.0. The first-order chi connectivity index (χ1) is 10.1. The van der Waals surface area contributed by atoms with E-state index in [1.165, 1.54) is 24.8 Å². The van der Waals surface area contributed by atoms with Crippen molar-refractivity contribution in [2.24, 2.45) is 11.8 Å². The summed E-state index contributed by atoms with van der Waals surface area (Å²) < 4.78 is 0. The van der Waals surface area contributed by atoms with Gasteiger partial charge in [-0.1, -0.05) is 27.7 Å². The molecular formula is C17H30N4. The zero-order valence-electron chi connectivity index (χ0n) is 13.9. The minimum atomic E-state index is 0.544. The molecule has 1 fully saturated rings. The molecule has 21 heavy (non-hydrogen) atoms. The molecule has 1 saturated carbocycles. The average Bonchev–Trinajstić information content (AvgIpc) is 2.44. The van der Waals surface area contributed by atoms with Crippen molar-refractivity contribution in [1.29, 1.82) is 0 Å². The van der Waals surface area contributed by atoms with Gasteiger partial charge in [-0.3, -0.25) is 0 Å². The maximum Gasteiger partial charge on any atom is 0.134 e. The van der Waals surface area contributed by atoms with Gasteiger partial charge in [-0.15, -0.1) is 0 Å². The lowest BCUT2D eigenvalue weighted by molar-refractivity contribution is 0.280. The Bertz CT molecular complexity index is 436. The van der Waals surface area contributed by atoms with E-state index in [9.17, 15) is 0 Å². The molecule has 4 nitrogen and oxygen atoms in total. The van der Waals surface area contributed by atoms with Gasteiger partial charge in [0.15, 0.2) is 0 Å². The molecule has 1 aromatic heterocycles. The van der Waals surface area contributed by atoms with Crippen LogP contribution in [0.5, 0.6) is 0 Å². The Morgan fingerprint density at radius 2 is 1.71 bits per heavy atom. The Hall–Kier alpha value is -1.32. The fraction of sp³-hybridized carbons (Fsp3) is 0.765. The molecule has 1 aliphatic rings. The highest BCUT2D eigenvalue weighted by molar-refractivity contribution is 5.57. The van der Waals surface area contributed by atoms with Crippen LogP contribution in [0.1, 0.15) is 58.9 Å². The van der Waals surface area contributed by atoms with Crippen LogP contribution in [0.4, 0.5) is 11.6 Å². The maximum absolute atomic E-state index is 4.50. The molecule has 1 aromatic rings. The number of nitrogens with zero attached hydrogens (tertiary/aromatic N) is 2. The van der Waals surface area contributed by atoms with Gasteiger partial charge < -0.3 is 10.6 Å². The van der Waals surface area contributed by atoms with Gasteiger partial charge in [-0.25, -0.2) is 9.97 Å². The molecule has 0 amide bonds. The molecule has 118 valence electrons. The van der Waals surface area contributed by atoms with E-state index in [0.29, 0.717) is 6.04 Å². The lowest BCUT2D eigenvalue weighted by Crippen LogP contribution is -2.31. The number of nitrogens with one attached hydrogen (secondary N) is 2. The first-order valence-corrected chi connectivity index (χ1v) is 8.48. The number of hydrogen-bond acceptors (Lipinski definition) is 4. The summed E-state index contributed by atoms with van der Waals surface area (Å²) in [5.41, 5.74) is 1.22. The van der Waals surface area contributed by atoms with Crippen molar-refractivity contribution in [2.75, 3.05) is 17.2 Å². The van der Waals surface area contributed by atoms with Gasteiger partial charge in [0.05, 0.1) is 0 Å². The van der Waals surface area contributed by atoms with Crippen molar-refractivity contribution < 1.29 is 0 Å². The summed E-state index contributed by atoms with van der Waals surface area (Å²) >= 11 is 0. The van der Waals surface area contributed by atoms with E-state index in [-0.39, 0.29) is 0 Å². The minimum absolute atomic E-state index is 0.544. The molecule has 2 unspecified atom stereocenters. The Balaban J connectivity index is 2.11. The van der Waals surface area contributed by atoms with E-state index >= 15 is 0 Å². The van der Waals surface area contributed by atoms with Crippen LogP contribution in [0.3, 0.4) is 0 Å². The molecule has 0 spiro atoms. The van der Waals surface area contributed by atoms with Crippen LogP contribution in [-0.2, 0) is 6.42 Å². The predicted molar refractivity (Wildman–Crippen MR) is 89.8 cm³/mol. The van der Waals surface area contributed by atoms with Crippen LogP contribution >= 0.6 is 0 Å². The summed E-state index contributed by atoms with van der Waals surface area (Å²) in [6.07, 6.45) is 7.58. The zero-order chi connectivity index (χ0) is 15.2. The van der Waals surface area contributed by atoms with E-state index in [1.54, 1.807) is 6.33 Å². The van der Waals surface area contributed by atoms with Crippen molar-refractivity contribution in [3.05, 3.63) is 11.9 Å². The highest BCUT2D eigenvalue weighted by atomic mass is 15.1. The third-order valence-electron chi connectivity index (χ3n) is 4.36. The monoisotopic (exact) mass is 290 g/mol. The van der Waals surface area contributed by atoms with Crippen LogP contribution in [-0.4, -0.2) is 22.6 Å². The van der Waals surface area contributed by atoms with Gasteiger partial charge in [0.1, 0.15) is 18.0 Å². The Kier molecular flexibility index (Phi) is 5.83. The Labute approximate surface area is 129 Å². The molecule has 1 heterocycles. The number of hydrogen-bond donors (Lipinski definition) is 2. The second kappa shape index (κ2) is 7.62. The first-order valence-electron chi connectivity index (χ1n) is 8.48. The molecule has 0 bridgehead atoms. The largest absolute Gasteiger partial charge is 0.370 e. The van der Waals surface area contributed by atoms with Crippen LogP contribution in [0, 0.1) is 11.8 Å².